The first-order valence-electron chi connectivity index (χ1n) is 7.45. The van der Waals surface area contributed by atoms with Gasteiger partial charge in [0, 0.05) is 18.5 Å². The van der Waals surface area contributed by atoms with Crippen molar-refractivity contribution in [1.82, 2.24) is 4.98 Å². The smallest absolute Gasteiger partial charge is 0.379 e. The Bertz CT molecular complexity index is 974. The topological polar surface area (TPSA) is 78.6 Å². The molecule has 0 spiro atoms. The van der Waals surface area contributed by atoms with Crippen molar-refractivity contribution in [2.75, 3.05) is 0 Å². The highest BCUT2D eigenvalue weighted by Gasteiger charge is 2.28. The Morgan fingerprint density at radius 3 is 2.72 bits per heavy atom. The maximum atomic E-state index is 12.4. The van der Waals surface area contributed by atoms with Gasteiger partial charge in [0.2, 0.25) is 11.5 Å². The average molecular weight is 333 g/mol. The average Bonchev–Trinajstić information content (AvgIpc) is 3.25. The number of carbonyl (C=O) groups is 2. The molecule has 1 aliphatic rings. The Kier molecular flexibility index (Phi) is 3.63. The van der Waals surface area contributed by atoms with Crippen molar-refractivity contribution in [2.24, 2.45) is 0 Å². The standard InChI is InChI=1S/C19H11NO5/c21-18-14-4-3-13(24-19(22)15-2-1-9-23-15)11-16(14)25-17(18)10-12-5-7-20-8-6-12/h1-11H. The lowest BCUT2D eigenvalue weighted by Crippen LogP contribution is -2.07. The van der Waals surface area contributed by atoms with Crippen molar-refractivity contribution < 1.29 is 23.5 Å². The molecular formula is C19H11NO5. The quantitative estimate of drug-likeness (QED) is 0.415. The highest BCUT2D eigenvalue weighted by molar-refractivity contribution is 6.14. The molecule has 4 rings (SSSR count). The lowest BCUT2D eigenvalue weighted by atomic mass is 10.1. The molecule has 0 atom stereocenters. The van der Waals surface area contributed by atoms with Crippen molar-refractivity contribution >= 4 is 17.8 Å². The molecule has 0 N–H and O–H groups in total. The molecule has 0 fully saturated rings. The lowest BCUT2D eigenvalue weighted by Gasteiger charge is -2.04. The van der Waals surface area contributed by atoms with Crippen LogP contribution >= 0.6 is 0 Å². The summed E-state index contributed by atoms with van der Waals surface area (Å²) in [4.78, 5) is 28.2. The zero-order chi connectivity index (χ0) is 17.2. The number of rotatable bonds is 3. The zero-order valence-electron chi connectivity index (χ0n) is 12.8. The summed E-state index contributed by atoms with van der Waals surface area (Å²) in [5, 5.41) is 0. The summed E-state index contributed by atoms with van der Waals surface area (Å²) in [7, 11) is 0. The van der Waals surface area contributed by atoms with Gasteiger partial charge in [-0.1, -0.05) is 0 Å². The van der Waals surface area contributed by atoms with Crippen LogP contribution in [0.15, 0.2) is 71.3 Å². The van der Waals surface area contributed by atoms with Gasteiger partial charge in [0.05, 0.1) is 11.8 Å². The van der Waals surface area contributed by atoms with Crippen LogP contribution in [0, 0.1) is 0 Å². The van der Waals surface area contributed by atoms with E-state index in [0.29, 0.717) is 11.3 Å². The monoisotopic (exact) mass is 333 g/mol. The van der Waals surface area contributed by atoms with E-state index < -0.39 is 5.97 Å². The van der Waals surface area contributed by atoms with Gasteiger partial charge in [0.15, 0.2) is 5.76 Å². The van der Waals surface area contributed by atoms with E-state index in [4.69, 9.17) is 13.9 Å². The largest absolute Gasteiger partial charge is 0.457 e. The van der Waals surface area contributed by atoms with Crippen molar-refractivity contribution in [3.8, 4) is 11.5 Å². The number of ketones is 1. The van der Waals surface area contributed by atoms with Crippen LogP contribution in [0.1, 0.15) is 26.5 Å². The predicted octanol–water partition coefficient (Wildman–Crippen LogP) is 3.51. The number of furan rings is 1. The van der Waals surface area contributed by atoms with Crippen LogP contribution in [0.4, 0.5) is 0 Å². The van der Waals surface area contributed by atoms with E-state index in [2.05, 4.69) is 4.98 Å². The minimum absolute atomic E-state index is 0.0933. The molecule has 0 saturated heterocycles. The predicted molar refractivity (Wildman–Crippen MR) is 87.3 cm³/mol. The first-order chi connectivity index (χ1) is 12.2. The minimum Gasteiger partial charge on any atom is -0.457 e. The third kappa shape index (κ3) is 2.92. The van der Waals surface area contributed by atoms with Gasteiger partial charge in [-0.15, -0.1) is 0 Å². The number of hydrogen-bond acceptors (Lipinski definition) is 6. The van der Waals surface area contributed by atoms with Gasteiger partial charge < -0.3 is 13.9 Å². The molecule has 0 aliphatic carbocycles. The molecule has 1 aliphatic heterocycles. The number of nitrogens with zero attached hydrogens (tertiary/aromatic N) is 1. The zero-order valence-corrected chi connectivity index (χ0v) is 12.8. The van der Waals surface area contributed by atoms with Crippen LogP contribution in [0.2, 0.25) is 0 Å². The van der Waals surface area contributed by atoms with Crippen LogP contribution in [-0.2, 0) is 0 Å². The molecule has 6 heteroatoms. The fraction of sp³-hybridized carbons (Fsp3) is 0. The van der Waals surface area contributed by atoms with Gasteiger partial charge in [-0.3, -0.25) is 9.78 Å². The second kappa shape index (κ2) is 6.09. The first kappa shape index (κ1) is 14.9. The summed E-state index contributed by atoms with van der Waals surface area (Å²) < 4.78 is 15.8. The van der Waals surface area contributed by atoms with Crippen LogP contribution in [0.3, 0.4) is 0 Å². The number of benzene rings is 1. The van der Waals surface area contributed by atoms with E-state index in [1.165, 1.54) is 24.5 Å². The van der Waals surface area contributed by atoms with E-state index in [9.17, 15) is 9.59 Å². The fourth-order valence-corrected chi connectivity index (χ4v) is 2.39. The molecule has 0 amide bonds. The van der Waals surface area contributed by atoms with Gasteiger partial charge in [-0.2, -0.15) is 0 Å². The van der Waals surface area contributed by atoms with E-state index in [1.807, 2.05) is 0 Å². The second-order valence-electron chi connectivity index (χ2n) is 5.25. The molecule has 0 radical (unpaired) electrons. The van der Waals surface area contributed by atoms with E-state index in [-0.39, 0.29) is 23.1 Å². The number of Topliss-reactive ketones (excluding diaryl/α,β-unsaturated/α-hetero) is 1. The maximum Gasteiger partial charge on any atom is 0.379 e. The Labute approximate surface area is 142 Å². The summed E-state index contributed by atoms with van der Waals surface area (Å²) in [6, 6.07) is 11.2. The molecule has 122 valence electrons. The number of carbonyl (C=O) groups excluding carboxylic acids is 2. The number of pyridine rings is 1. The summed E-state index contributed by atoms with van der Waals surface area (Å²) in [6.07, 6.45) is 6.28. The lowest BCUT2D eigenvalue weighted by molar-refractivity contribution is 0.0701. The summed E-state index contributed by atoms with van der Waals surface area (Å²) in [5.74, 6) is 0.0530. The number of fused-ring (bicyclic) bond motifs is 1. The maximum absolute atomic E-state index is 12.4. The Morgan fingerprint density at radius 1 is 1.12 bits per heavy atom. The molecule has 0 unspecified atom stereocenters. The van der Waals surface area contributed by atoms with Crippen LogP contribution in [-0.4, -0.2) is 16.7 Å². The Hall–Kier alpha value is -3.67. The first-order valence-corrected chi connectivity index (χ1v) is 7.45. The number of aromatic nitrogens is 1. The normalized spacial score (nSPS) is 14.2. The van der Waals surface area contributed by atoms with Crippen molar-refractivity contribution in [2.45, 2.75) is 0 Å². The number of allylic oxidation sites excluding steroid dienone is 1. The van der Waals surface area contributed by atoms with Gasteiger partial charge in [0.1, 0.15) is 11.5 Å². The van der Waals surface area contributed by atoms with E-state index in [1.54, 1.807) is 42.7 Å². The molecule has 3 heterocycles. The van der Waals surface area contributed by atoms with E-state index in [0.717, 1.165) is 5.56 Å². The second-order valence-corrected chi connectivity index (χ2v) is 5.25. The highest BCUT2D eigenvalue weighted by atomic mass is 16.5. The minimum atomic E-state index is -0.623. The molecule has 3 aromatic rings. The summed E-state index contributed by atoms with van der Waals surface area (Å²) in [5.41, 5.74) is 1.22. The summed E-state index contributed by atoms with van der Waals surface area (Å²) >= 11 is 0. The van der Waals surface area contributed by atoms with Gasteiger partial charge in [0.25, 0.3) is 0 Å². The third-order valence-corrected chi connectivity index (χ3v) is 3.58. The van der Waals surface area contributed by atoms with Crippen LogP contribution in [0.25, 0.3) is 6.08 Å². The SMILES string of the molecule is O=C(Oc1ccc2c(c1)OC(=Cc1ccncc1)C2=O)c1ccco1. The molecule has 6 nitrogen and oxygen atoms in total. The summed E-state index contributed by atoms with van der Waals surface area (Å²) in [6.45, 7) is 0. The van der Waals surface area contributed by atoms with Crippen LogP contribution < -0.4 is 9.47 Å². The molecule has 0 bridgehead atoms. The molecule has 0 saturated carbocycles. The Balaban J connectivity index is 1.57. The molecule has 1 aromatic carbocycles. The third-order valence-electron chi connectivity index (χ3n) is 3.58. The highest BCUT2D eigenvalue weighted by Crippen LogP contribution is 2.35. The Morgan fingerprint density at radius 2 is 1.96 bits per heavy atom. The molecule has 25 heavy (non-hydrogen) atoms. The van der Waals surface area contributed by atoms with Crippen LogP contribution in [0.5, 0.6) is 11.5 Å². The van der Waals surface area contributed by atoms with Crippen molar-refractivity contribution in [3.63, 3.8) is 0 Å². The molecular weight excluding hydrogens is 322 g/mol. The van der Waals surface area contributed by atoms with Gasteiger partial charge in [-0.25, -0.2) is 4.79 Å². The van der Waals surface area contributed by atoms with Gasteiger partial charge in [-0.05, 0) is 48.0 Å². The van der Waals surface area contributed by atoms with Crippen molar-refractivity contribution in [3.05, 3.63) is 83.8 Å². The number of esters is 1. The van der Waals surface area contributed by atoms with Gasteiger partial charge >= 0.3 is 5.97 Å². The number of hydrogen-bond donors (Lipinski definition) is 0. The fourth-order valence-electron chi connectivity index (χ4n) is 2.39. The molecule has 2 aromatic heterocycles. The van der Waals surface area contributed by atoms with Crippen molar-refractivity contribution in [1.29, 1.82) is 0 Å². The number of ether oxygens (including phenoxy) is 2. The van der Waals surface area contributed by atoms with E-state index >= 15 is 0 Å².